The summed E-state index contributed by atoms with van der Waals surface area (Å²) in [4.78, 5) is 24.8. The number of nitrogens with one attached hydrogen (secondary N) is 1. The van der Waals surface area contributed by atoms with Gasteiger partial charge in [-0.1, -0.05) is 20.8 Å². The van der Waals surface area contributed by atoms with E-state index in [0.717, 1.165) is 6.26 Å². The van der Waals surface area contributed by atoms with Crippen LogP contribution in [0.4, 0.5) is 4.79 Å². The molecule has 0 bridgehead atoms. The number of carbonyl (C=O) groups is 2. The highest BCUT2D eigenvalue weighted by Crippen LogP contribution is 2.20. The maximum absolute atomic E-state index is 12.1. The van der Waals surface area contributed by atoms with Crippen LogP contribution in [0.15, 0.2) is 0 Å². The lowest BCUT2D eigenvalue weighted by molar-refractivity contribution is -0.142. The Morgan fingerprint density at radius 1 is 1.14 bits per heavy atom. The number of piperazine rings is 1. The van der Waals surface area contributed by atoms with E-state index < -0.39 is 33.5 Å². The van der Waals surface area contributed by atoms with Crippen LogP contribution in [0.5, 0.6) is 0 Å². The second-order valence-corrected chi connectivity index (χ2v) is 8.22. The highest BCUT2D eigenvalue weighted by Gasteiger charge is 2.34. The molecule has 1 heterocycles. The first-order chi connectivity index (χ1) is 9.43. The highest BCUT2D eigenvalue weighted by atomic mass is 32.2. The van der Waals surface area contributed by atoms with E-state index in [1.165, 1.54) is 9.21 Å². The van der Waals surface area contributed by atoms with Crippen molar-refractivity contribution in [1.82, 2.24) is 14.5 Å². The highest BCUT2D eigenvalue weighted by molar-refractivity contribution is 7.88. The van der Waals surface area contributed by atoms with E-state index in [4.69, 9.17) is 0 Å². The van der Waals surface area contributed by atoms with E-state index in [-0.39, 0.29) is 26.2 Å². The SMILES string of the molecule is CC(C)(C)C(NC(=O)N1CCN(S(C)(=O)=O)CC1)C(=O)O. The molecule has 21 heavy (non-hydrogen) atoms. The number of carboxylic acid groups (broad SMARTS) is 1. The Morgan fingerprint density at radius 2 is 1.62 bits per heavy atom. The van der Waals surface area contributed by atoms with Crippen molar-refractivity contribution in [2.24, 2.45) is 5.41 Å². The summed E-state index contributed by atoms with van der Waals surface area (Å²) in [6, 6.07) is -1.48. The number of carboxylic acids is 1. The molecule has 2 N–H and O–H groups in total. The van der Waals surface area contributed by atoms with Gasteiger partial charge < -0.3 is 15.3 Å². The summed E-state index contributed by atoms with van der Waals surface area (Å²) in [5.74, 6) is -1.09. The van der Waals surface area contributed by atoms with Gasteiger partial charge in [-0.15, -0.1) is 0 Å². The maximum atomic E-state index is 12.1. The van der Waals surface area contributed by atoms with E-state index in [9.17, 15) is 23.1 Å². The third-order valence-electron chi connectivity index (χ3n) is 3.38. The van der Waals surface area contributed by atoms with Crippen LogP contribution in [0.3, 0.4) is 0 Å². The smallest absolute Gasteiger partial charge is 0.326 e. The molecule has 0 aromatic carbocycles. The summed E-state index contributed by atoms with van der Waals surface area (Å²) < 4.78 is 24.1. The topological polar surface area (TPSA) is 107 Å². The second-order valence-electron chi connectivity index (χ2n) is 6.24. The van der Waals surface area contributed by atoms with E-state index in [1.807, 2.05) is 0 Å². The molecule has 0 aromatic rings. The zero-order chi connectivity index (χ0) is 16.4. The zero-order valence-electron chi connectivity index (χ0n) is 12.8. The summed E-state index contributed by atoms with van der Waals surface area (Å²) >= 11 is 0. The van der Waals surface area contributed by atoms with E-state index in [2.05, 4.69) is 5.32 Å². The first kappa shape index (κ1) is 17.7. The normalized spacial score (nSPS) is 19.1. The molecule has 0 aromatic heterocycles. The minimum atomic E-state index is -3.25. The van der Waals surface area contributed by atoms with Crippen molar-refractivity contribution < 1.29 is 23.1 Å². The lowest BCUT2D eigenvalue weighted by atomic mass is 9.87. The Balaban J connectivity index is 2.64. The molecule has 1 aliphatic heterocycles. The number of carbonyl (C=O) groups excluding carboxylic acids is 1. The Bertz CT molecular complexity index is 503. The van der Waals surface area contributed by atoms with Gasteiger partial charge in [0, 0.05) is 26.2 Å². The van der Waals surface area contributed by atoms with Gasteiger partial charge in [-0.3, -0.25) is 0 Å². The lowest BCUT2D eigenvalue weighted by Gasteiger charge is -2.35. The van der Waals surface area contributed by atoms with E-state index >= 15 is 0 Å². The van der Waals surface area contributed by atoms with Crippen LogP contribution in [0.25, 0.3) is 0 Å². The Kier molecular flexibility index (Phi) is 5.21. The Hall–Kier alpha value is -1.35. The minimum absolute atomic E-state index is 0.222. The van der Waals surface area contributed by atoms with Crippen LogP contribution in [-0.4, -0.2) is 73.2 Å². The summed E-state index contributed by atoms with van der Waals surface area (Å²) in [5, 5.41) is 11.7. The Labute approximate surface area is 125 Å². The number of rotatable bonds is 3. The van der Waals surface area contributed by atoms with Gasteiger partial charge in [-0.25, -0.2) is 18.0 Å². The molecule has 9 heteroatoms. The van der Waals surface area contributed by atoms with Gasteiger partial charge >= 0.3 is 12.0 Å². The molecule has 0 radical (unpaired) electrons. The first-order valence-corrected chi connectivity index (χ1v) is 8.51. The molecule has 1 rings (SSSR count). The van der Waals surface area contributed by atoms with Crippen LogP contribution in [0.2, 0.25) is 0 Å². The molecule has 1 aliphatic rings. The third-order valence-corrected chi connectivity index (χ3v) is 4.68. The van der Waals surface area contributed by atoms with Crippen molar-refractivity contribution in [3.63, 3.8) is 0 Å². The number of sulfonamides is 1. The fourth-order valence-electron chi connectivity index (χ4n) is 2.09. The third kappa shape index (κ3) is 4.85. The van der Waals surface area contributed by atoms with Gasteiger partial charge in [-0.2, -0.15) is 4.31 Å². The molecular formula is C12H23N3O5S. The van der Waals surface area contributed by atoms with Gasteiger partial charge in [0.2, 0.25) is 10.0 Å². The molecule has 1 saturated heterocycles. The maximum Gasteiger partial charge on any atom is 0.326 e. The number of hydrogen-bond donors (Lipinski definition) is 2. The molecule has 0 aliphatic carbocycles. The largest absolute Gasteiger partial charge is 0.480 e. The standard InChI is InChI=1S/C12H23N3O5S/c1-12(2,3)9(10(16)17)13-11(18)14-5-7-15(8-6-14)21(4,19)20/h9H,5-8H2,1-4H3,(H,13,18)(H,16,17). The van der Waals surface area contributed by atoms with Gasteiger partial charge in [0.25, 0.3) is 0 Å². The van der Waals surface area contributed by atoms with Gasteiger partial charge in [0.1, 0.15) is 6.04 Å². The van der Waals surface area contributed by atoms with Crippen molar-refractivity contribution in [2.75, 3.05) is 32.4 Å². The van der Waals surface area contributed by atoms with Crippen molar-refractivity contribution >= 4 is 22.0 Å². The van der Waals surface area contributed by atoms with Crippen LogP contribution >= 0.6 is 0 Å². The summed E-state index contributed by atoms with van der Waals surface area (Å²) in [5.41, 5.74) is -0.615. The predicted molar refractivity (Wildman–Crippen MR) is 77.4 cm³/mol. The van der Waals surface area contributed by atoms with Crippen molar-refractivity contribution in [3.05, 3.63) is 0 Å². The van der Waals surface area contributed by atoms with Crippen LogP contribution < -0.4 is 5.32 Å². The molecule has 1 atom stereocenters. The quantitative estimate of drug-likeness (QED) is 0.747. The predicted octanol–water partition coefficient (Wildman–Crippen LogP) is -0.227. The average molecular weight is 321 g/mol. The molecule has 1 unspecified atom stereocenters. The van der Waals surface area contributed by atoms with Gasteiger partial charge in [-0.05, 0) is 5.41 Å². The average Bonchev–Trinajstić information content (AvgIpc) is 2.33. The van der Waals surface area contributed by atoms with Crippen LogP contribution in [0.1, 0.15) is 20.8 Å². The molecular weight excluding hydrogens is 298 g/mol. The fourth-order valence-corrected chi connectivity index (χ4v) is 2.91. The zero-order valence-corrected chi connectivity index (χ0v) is 13.6. The summed E-state index contributed by atoms with van der Waals surface area (Å²) in [6.07, 6.45) is 1.13. The van der Waals surface area contributed by atoms with Crippen molar-refractivity contribution in [3.8, 4) is 0 Å². The Morgan fingerprint density at radius 3 is 1.95 bits per heavy atom. The van der Waals surface area contributed by atoms with Crippen molar-refractivity contribution in [1.29, 1.82) is 0 Å². The van der Waals surface area contributed by atoms with Crippen LogP contribution in [0, 0.1) is 5.41 Å². The first-order valence-electron chi connectivity index (χ1n) is 6.66. The lowest BCUT2D eigenvalue weighted by Crippen LogP contribution is -2.57. The minimum Gasteiger partial charge on any atom is -0.480 e. The fraction of sp³-hybridized carbons (Fsp3) is 0.833. The molecule has 122 valence electrons. The molecule has 2 amide bonds. The molecule has 8 nitrogen and oxygen atoms in total. The number of amides is 2. The molecule has 0 saturated carbocycles. The monoisotopic (exact) mass is 321 g/mol. The van der Waals surface area contributed by atoms with Crippen molar-refractivity contribution in [2.45, 2.75) is 26.8 Å². The van der Waals surface area contributed by atoms with Gasteiger partial charge in [0.15, 0.2) is 0 Å². The molecule has 1 fully saturated rings. The van der Waals surface area contributed by atoms with Gasteiger partial charge in [0.05, 0.1) is 6.26 Å². The number of nitrogens with zero attached hydrogens (tertiary/aromatic N) is 2. The second kappa shape index (κ2) is 6.18. The number of urea groups is 1. The van der Waals surface area contributed by atoms with E-state index in [0.29, 0.717) is 0 Å². The van der Waals surface area contributed by atoms with E-state index in [1.54, 1.807) is 20.8 Å². The summed E-state index contributed by atoms with van der Waals surface area (Å²) in [7, 11) is -3.25. The number of aliphatic carboxylic acids is 1. The number of hydrogen-bond acceptors (Lipinski definition) is 4. The summed E-state index contributed by atoms with van der Waals surface area (Å²) in [6.45, 7) is 6.12. The molecule has 0 spiro atoms. The van der Waals surface area contributed by atoms with Crippen LogP contribution in [-0.2, 0) is 14.8 Å².